The molecule has 0 radical (unpaired) electrons. The van der Waals surface area contributed by atoms with Gasteiger partial charge < -0.3 is 5.32 Å². The van der Waals surface area contributed by atoms with Crippen LogP contribution >= 0.6 is 0 Å². The van der Waals surface area contributed by atoms with E-state index >= 15 is 0 Å². The Bertz CT molecular complexity index is 845. The van der Waals surface area contributed by atoms with E-state index in [9.17, 15) is 9.59 Å². The SMILES string of the molecule is CC1=NN(C)C(NC(=O)C(C)c2cccc(C(=O)c3ccccc3)c2)C1. The highest BCUT2D eigenvalue weighted by atomic mass is 16.2. The van der Waals surface area contributed by atoms with Gasteiger partial charge in [-0.15, -0.1) is 0 Å². The summed E-state index contributed by atoms with van der Waals surface area (Å²) in [4.78, 5) is 25.3. The van der Waals surface area contributed by atoms with Crippen molar-refractivity contribution in [3.05, 3.63) is 71.3 Å². The summed E-state index contributed by atoms with van der Waals surface area (Å²) in [5.41, 5.74) is 3.05. The Labute approximate surface area is 153 Å². The summed E-state index contributed by atoms with van der Waals surface area (Å²) in [6, 6.07) is 16.4. The number of nitrogens with zero attached hydrogens (tertiary/aromatic N) is 2. The van der Waals surface area contributed by atoms with E-state index in [0.717, 1.165) is 17.7 Å². The molecular weight excluding hydrogens is 326 g/mol. The van der Waals surface area contributed by atoms with Crippen molar-refractivity contribution in [2.75, 3.05) is 7.05 Å². The maximum absolute atomic E-state index is 12.6. The van der Waals surface area contributed by atoms with Crippen molar-refractivity contribution in [2.45, 2.75) is 32.4 Å². The summed E-state index contributed by atoms with van der Waals surface area (Å²) in [5.74, 6) is -0.469. The van der Waals surface area contributed by atoms with Crippen LogP contribution in [0.3, 0.4) is 0 Å². The minimum absolute atomic E-state index is 0.0420. The number of carbonyl (C=O) groups is 2. The number of amides is 1. The summed E-state index contributed by atoms with van der Waals surface area (Å²) < 4.78 is 0. The van der Waals surface area contributed by atoms with E-state index in [1.54, 1.807) is 29.3 Å². The normalized spacial score (nSPS) is 17.6. The zero-order chi connectivity index (χ0) is 18.7. The summed E-state index contributed by atoms with van der Waals surface area (Å²) in [5, 5.41) is 9.12. The molecule has 0 bridgehead atoms. The largest absolute Gasteiger partial charge is 0.334 e. The third-order valence-corrected chi connectivity index (χ3v) is 4.66. The molecule has 3 rings (SSSR count). The van der Waals surface area contributed by atoms with Gasteiger partial charge in [0.05, 0.1) is 5.92 Å². The Morgan fingerprint density at radius 3 is 2.46 bits per heavy atom. The first-order chi connectivity index (χ1) is 12.5. The number of rotatable bonds is 5. The van der Waals surface area contributed by atoms with Gasteiger partial charge in [-0.25, -0.2) is 0 Å². The number of ketones is 1. The standard InChI is InChI=1S/C21H23N3O2/c1-14-12-19(24(3)23-14)22-21(26)15(2)17-10-7-11-18(13-17)20(25)16-8-5-4-6-9-16/h4-11,13,15,19H,12H2,1-3H3,(H,22,26). The van der Waals surface area contributed by atoms with Gasteiger partial charge in [0.1, 0.15) is 6.17 Å². The van der Waals surface area contributed by atoms with Crippen molar-refractivity contribution >= 4 is 17.4 Å². The Morgan fingerprint density at radius 2 is 1.81 bits per heavy atom. The molecule has 0 saturated heterocycles. The molecule has 2 aromatic carbocycles. The van der Waals surface area contributed by atoms with E-state index in [-0.39, 0.29) is 23.8 Å². The summed E-state index contributed by atoms with van der Waals surface area (Å²) in [6.07, 6.45) is 0.612. The maximum atomic E-state index is 12.6. The van der Waals surface area contributed by atoms with E-state index < -0.39 is 0 Å². The van der Waals surface area contributed by atoms with Gasteiger partial charge in [-0.2, -0.15) is 5.10 Å². The van der Waals surface area contributed by atoms with Crippen molar-refractivity contribution in [2.24, 2.45) is 5.10 Å². The number of benzene rings is 2. The van der Waals surface area contributed by atoms with E-state index in [1.165, 1.54) is 0 Å². The highest BCUT2D eigenvalue weighted by Crippen LogP contribution is 2.20. The van der Waals surface area contributed by atoms with Crippen LogP contribution in [0.1, 0.15) is 47.7 Å². The molecule has 5 nitrogen and oxygen atoms in total. The van der Waals surface area contributed by atoms with Crippen LogP contribution in [0.5, 0.6) is 0 Å². The van der Waals surface area contributed by atoms with Crippen molar-refractivity contribution in [3.63, 3.8) is 0 Å². The van der Waals surface area contributed by atoms with Crippen LogP contribution < -0.4 is 5.32 Å². The summed E-state index contributed by atoms with van der Waals surface area (Å²) in [7, 11) is 1.85. The lowest BCUT2D eigenvalue weighted by Gasteiger charge is -2.22. The smallest absolute Gasteiger partial charge is 0.228 e. The van der Waals surface area contributed by atoms with Gasteiger partial charge in [0.2, 0.25) is 5.91 Å². The van der Waals surface area contributed by atoms with Crippen LogP contribution in [0, 0.1) is 0 Å². The van der Waals surface area contributed by atoms with Crippen LogP contribution in [-0.4, -0.2) is 35.6 Å². The molecule has 1 heterocycles. The molecule has 1 aliphatic rings. The number of hydrazone groups is 1. The topological polar surface area (TPSA) is 61.8 Å². The first-order valence-corrected chi connectivity index (χ1v) is 8.72. The highest BCUT2D eigenvalue weighted by Gasteiger charge is 2.25. The fraction of sp³-hybridized carbons (Fsp3) is 0.286. The molecule has 26 heavy (non-hydrogen) atoms. The minimum Gasteiger partial charge on any atom is -0.334 e. The predicted octanol–water partition coefficient (Wildman–Crippen LogP) is 3.17. The lowest BCUT2D eigenvalue weighted by molar-refractivity contribution is -0.123. The molecule has 0 aliphatic carbocycles. The minimum atomic E-state index is -0.354. The lowest BCUT2D eigenvalue weighted by Crippen LogP contribution is -2.43. The number of nitrogens with one attached hydrogen (secondary N) is 1. The molecule has 2 atom stereocenters. The maximum Gasteiger partial charge on any atom is 0.228 e. The fourth-order valence-corrected chi connectivity index (χ4v) is 3.08. The van der Waals surface area contributed by atoms with Crippen LogP contribution in [0.4, 0.5) is 0 Å². The fourth-order valence-electron chi connectivity index (χ4n) is 3.08. The van der Waals surface area contributed by atoms with Crippen LogP contribution in [0.25, 0.3) is 0 Å². The first kappa shape index (κ1) is 17.9. The first-order valence-electron chi connectivity index (χ1n) is 8.72. The molecule has 134 valence electrons. The second-order valence-electron chi connectivity index (χ2n) is 6.68. The molecule has 0 fully saturated rings. The quantitative estimate of drug-likeness (QED) is 0.844. The zero-order valence-corrected chi connectivity index (χ0v) is 15.3. The van der Waals surface area contributed by atoms with Crippen molar-refractivity contribution in [3.8, 4) is 0 Å². The van der Waals surface area contributed by atoms with Gasteiger partial charge in [0.15, 0.2) is 5.78 Å². The average Bonchev–Trinajstić information content (AvgIpc) is 2.98. The van der Waals surface area contributed by atoms with Gasteiger partial charge in [-0.3, -0.25) is 14.6 Å². The molecule has 1 N–H and O–H groups in total. The third kappa shape index (κ3) is 3.82. The molecule has 0 aromatic heterocycles. The van der Waals surface area contributed by atoms with Crippen molar-refractivity contribution < 1.29 is 9.59 Å². The Hall–Kier alpha value is -2.95. The van der Waals surface area contributed by atoms with E-state index in [4.69, 9.17) is 0 Å². The van der Waals surface area contributed by atoms with Gasteiger partial charge >= 0.3 is 0 Å². The van der Waals surface area contributed by atoms with Gasteiger partial charge in [0.25, 0.3) is 0 Å². The second-order valence-corrected chi connectivity index (χ2v) is 6.68. The third-order valence-electron chi connectivity index (χ3n) is 4.66. The van der Waals surface area contributed by atoms with Crippen LogP contribution in [-0.2, 0) is 4.79 Å². The number of hydrogen-bond acceptors (Lipinski definition) is 4. The molecule has 5 heteroatoms. The van der Waals surface area contributed by atoms with Crippen molar-refractivity contribution in [1.82, 2.24) is 10.3 Å². The molecular formula is C21H23N3O2. The molecule has 2 unspecified atom stereocenters. The van der Waals surface area contributed by atoms with E-state index in [0.29, 0.717) is 11.1 Å². The van der Waals surface area contributed by atoms with Crippen molar-refractivity contribution in [1.29, 1.82) is 0 Å². The van der Waals surface area contributed by atoms with Crippen LogP contribution in [0.2, 0.25) is 0 Å². The Kier molecular flexibility index (Phi) is 5.16. The summed E-state index contributed by atoms with van der Waals surface area (Å²) >= 11 is 0. The monoisotopic (exact) mass is 349 g/mol. The number of carbonyl (C=O) groups excluding carboxylic acids is 2. The van der Waals surface area contributed by atoms with E-state index in [2.05, 4.69) is 10.4 Å². The lowest BCUT2D eigenvalue weighted by atomic mass is 9.95. The predicted molar refractivity (Wildman–Crippen MR) is 102 cm³/mol. The highest BCUT2D eigenvalue weighted by molar-refractivity contribution is 6.09. The molecule has 1 amide bonds. The zero-order valence-electron chi connectivity index (χ0n) is 15.3. The average molecular weight is 349 g/mol. The number of hydrogen-bond donors (Lipinski definition) is 1. The molecule has 1 aliphatic heterocycles. The second kappa shape index (κ2) is 7.52. The molecule has 0 saturated carbocycles. The molecule has 0 spiro atoms. The van der Waals surface area contributed by atoms with Gasteiger partial charge in [-0.1, -0.05) is 48.5 Å². The van der Waals surface area contributed by atoms with E-state index in [1.807, 2.05) is 51.2 Å². The Balaban J connectivity index is 1.73. The van der Waals surface area contributed by atoms with Crippen LogP contribution in [0.15, 0.2) is 59.7 Å². The Morgan fingerprint density at radius 1 is 1.12 bits per heavy atom. The molecule has 2 aromatic rings. The van der Waals surface area contributed by atoms with Gasteiger partial charge in [-0.05, 0) is 25.5 Å². The van der Waals surface area contributed by atoms with Gasteiger partial charge in [0, 0.05) is 30.3 Å². The summed E-state index contributed by atoms with van der Waals surface area (Å²) in [6.45, 7) is 3.80.